The number of halogens is 4. The fraction of sp³-hybridized carbons (Fsp3) is 0.357. The summed E-state index contributed by atoms with van der Waals surface area (Å²) in [5, 5.41) is 16.0. The van der Waals surface area contributed by atoms with Gasteiger partial charge in [-0.2, -0.15) is 5.10 Å². The normalized spacial score (nSPS) is 16.1. The summed E-state index contributed by atoms with van der Waals surface area (Å²) < 4.78 is 105. The van der Waals surface area contributed by atoms with Crippen LogP contribution in [0, 0.1) is 17.5 Å². The Morgan fingerprint density at radius 1 is 0.787 bits per heavy atom. The minimum absolute atomic E-state index is 0.00143. The lowest BCUT2D eigenvalue weighted by atomic mass is 9.80. The van der Waals surface area contributed by atoms with Crippen molar-refractivity contribution in [1.82, 2.24) is 30.4 Å². The molecule has 4 aromatic carbocycles. The quantitative estimate of drug-likeness (QED) is 0.0954. The summed E-state index contributed by atoms with van der Waals surface area (Å²) in [6.07, 6.45) is 1.74. The molecule has 5 aromatic rings. The Hall–Kier alpha value is -5.17. The van der Waals surface area contributed by atoms with Gasteiger partial charge in [-0.25, -0.2) is 30.0 Å². The number of hydrogen-bond donors (Lipinski definition) is 4. The number of aromatic nitrogens is 3. The molecule has 324 valence electrons. The molecule has 1 atom stereocenters. The van der Waals surface area contributed by atoms with Crippen molar-refractivity contribution >= 4 is 48.9 Å². The Labute approximate surface area is 358 Å². The van der Waals surface area contributed by atoms with Gasteiger partial charge in [0.25, 0.3) is 20.0 Å². The summed E-state index contributed by atoms with van der Waals surface area (Å²) in [7, 11) is -6.70. The van der Waals surface area contributed by atoms with E-state index in [-0.39, 0.29) is 54.6 Å². The van der Waals surface area contributed by atoms with Crippen molar-refractivity contribution in [2.24, 2.45) is 12.1 Å². The minimum Gasteiger partial charge on any atom is -0.331 e. The number of rotatable bonds is 13. The average Bonchev–Trinajstić information content (AvgIpc) is 3.98. The molecule has 0 spiro atoms. The Kier molecular flexibility index (Phi) is 11.9. The molecule has 0 saturated carbocycles. The first-order valence-corrected chi connectivity index (χ1v) is 22.9. The molecule has 7 rings (SSSR count). The summed E-state index contributed by atoms with van der Waals surface area (Å²) in [5.41, 5.74) is 4.04. The monoisotopic (exact) mass is 897 g/mol. The van der Waals surface area contributed by atoms with Crippen molar-refractivity contribution in [1.29, 1.82) is 0 Å². The Bertz CT molecular complexity index is 2720. The van der Waals surface area contributed by atoms with Gasteiger partial charge in [0, 0.05) is 49.3 Å². The third-order valence-electron chi connectivity index (χ3n) is 11.2. The molecule has 1 aromatic heterocycles. The van der Waals surface area contributed by atoms with Crippen molar-refractivity contribution < 1.29 is 30.0 Å². The highest BCUT2D eigenvalue weighted by atomic mass is 35.5. The van der Waals surface area contributed by atoms with E-state index in [4.69, 9.17) is 11.6 Å². The van der Waals surface area contributed by atoms with E-state index >= 15 is 0 Å². The summed E-state index contributed by atoms with van der Waals surface area (Å²) in [4.78, 5) is 1.81. The lowest BCUT2D eigenvalue weighted by molar-refractivity contribution is 0.336. The molecule has 61 heavy (non-hydrogen) atoms. The predicted molar refractivity (Wildman–Crippen MR) is 230 cm³/mol. The highest BCUT2D eigenvalue weighted by Crippen LogP contribution is 2.36. The molecule has 0 unspecified atom stereocenters. The zero-order valence-corrected chi connectivity index (χ0v) is 36.8. The lowest BCUT2D eigenvalue weighted by Crippen LogP contribution is -2.41. The van der Waals surface area contributed by atoms with Crippen LogP contribution in [0.1, 0.15) is 70.0 Å². The third-order valence-corrected chi connectivity index (χ3v) is 14.2. The second-order valence-corrected chi connectivity index (χ2v) is 20.7. The second-order valence-electron chi connectivity index (χ2n) is 16.9. The van der Waals surface area contributed by atoms with E-state index in [9.17, 15) is 30.0 Å². The third kappa shape index (κ3) is 9.22. The highest BCUT2D eigenvalue weighted by Gasteiger charge is 2.32. The molecule has 0 bridgehead atoms. The maximum atomic E-state index is 14.8. The van der Waals surface area contributed by atoms with Gasteiger partial charge >= 0.3 is 0 Å². The van der Waals surface area contributed by atoms with Gasteiger partial charge < -0.3 is 14.8 Å². The fourth-order valence-corrected chi connectivity index (χ4v) is 9.69. The topological polar surface area (TPSA) is 163 Å². The molecule has 0 aliphatic carbocycles. The maximum absolute atomic E-state index is 14.8. The Balaban J connectivity index is 1.07. The number of nitrogens with zero attached hydrogens (tertiary/aromatic N) is 5. The van der Waals surface area contributed by atoms with E-state index in [0.29, 0.717) is 37.7 Å². The van der Waals surface area contributed by atoms with Gasteiger partial charge in [0.15, 0.2) is 23.3 Å². The van der Waals surface area contributed by atoms with E-state index in [1.54, 1.807) is 35.9 Å². The van der Waals surface area contributed by atoms with Gasteiger partial charge in [-0.1, -0.05) is 70.5 Å². The molecule has 2 aliphatic heterocycles. The van der Waals surface area contributed by atoms with Gasteiger partial charge in [0.2, 0.25) is 0 Å². The SMILES string of the molecule is Cn1c(CCC(C)(C)c2ccc(S(=O)(=O)Nc3cc(F)c(F)cc3C3=NNCN3[C@H]3CCNC3)cc2)nnc1-c1cc(Cl)c(F)cc1NS(=O)(=O)c1ccc(C(C)(C)C)cc1. The van der Waals surface area contributed by atoms with Crippen LogP contribution in [0.25, 0.3) is 11.4 Å². The summed E-state index contributed by atoms with van der Waals surface area (Å²) in [5.74, 6) is -2.06. The number of anilines is 2. The predicted octanol–water partition coefficient (Wildman–Crippen LogP) is 7.25. The van der Waals surface area contributed by atoms with E-state index < -0.39 is 42.9 Å². The number of amidine groups is 1. The first-order chi connectivity index (χ1) is 28.6. The number of hydrazone groups is 1. The smallest absolute Gasteiger partial charge is 0.261 e. The van der Waals surface area contributed by atoms with Crippen LogP contribution in [0.15, 0.2) is 87.7 Å². The van der Waals surface area contributed by atoms with Crippen molar-refractivity contribution in [2.45, 2.75) is 80.5 Å². The standard InChI is InChI=1S/C42H47ClF3N9O4S2/c1-41(2,3)25-7-11-28(12-8-25)60(56,57)52-36-21-33(44)32(43)19-30(36)39-51-49-38(54(39)6)15-17-42(4,5)26-9-13-29(14-10-26)61(58,59)53-37-22-35(46)34(45)20-31(37)40-50-48-24-55(40)27-16-18-47-23-27/h7-14,19-22,27,47-48,52-53H,15-18,23-24H2,1-6H3/t27-/m0/s1. The van der Waals surface area contributed by atoms with Crippen molar-refractivity contribution in [3.05, 3.63) is 118 Å². The zero-order valence-electron chi connectivity index (χ0n) is 34.4. The Morgan fingerprint density at radius 2 is 1.36 bits per heavy atom. The van der Waals surface area contributed by atoms with Crippen LogP contribution in [0.2, 0.25) is 5.02 Å². The summed E-state index contributed by atoms with van der Waals surface area (Å²) >= 11 is 6.19. The lowest BCUT2D eigenvalue weighted by Gasteiger charge is -2.27. The first kappa shape index (κ1) is 43.9. The van der Waals surface area contributed by atoms with E-state index in [1.165, 1.54) is 30.3 Å². The molecule has 2 aliphatic rings. The number of sulfonamides is 2. The largest absolute Gasteiger partial charge is 0.331 e. The van der Waals surface area contributed by atoms with Gasteiger partial charge in [-0.15, -0.1) is 10.2 Å². The van der Waals surface area contributed by atoms with Crippen molar-refractivity contribution in [3.8, 4) is 11.4 Å². The second kappa shape index (κ2) is 16.6. The number of benzene rings is 4. The molecular weight excluding hydrogens is 851 g/mol. The first-order valence-electron chi connectivity index (χ1n) is 19.6. The van der Waals surface area contributed by atoms with Crippen molar-refractivity contribution in [3.63, 3.8) is 0 Å². The Morgan fingerprint density at radius 3 is 1.95 bits per heavy atom. The van der Waals surface area contributed by atoms with E-state index in [0.717, 1.165) is 42.3 Å². The summed E-state index contributed by atoms with van der Waals surface area (Å²) in [6, 6.07) is 16.9. The van der Waals surface area contributed by atoms with Gasteiger partial charge in [0.1, 0.15) is 18.3 Å². The molecule has 13 nitrogen and oxygen atoms in total. The van der Waals surface area contributed by atoms with Gasteiger partial charge in [0.05, 0.1) is 26.2 Å². The average molecular weight is 898 g/mol. The van der Waals surface area contributed by atoms with Crippen LogP contribution < -0.4 is 20.2 Å². The zero-order chi connectivity index (χ0) is 44.1. The summed E-state index contributed by atoms with van der Waals surface area (Å²) in [6.45, 7) is 11.8. The van der Waals surface area contributed by atoms with Crippen LogP contribution >= 0.6 is 11.6 Å². The molecule has 19 heteroatoms. The molecule has 1 fully saturated rings. The van der Waals surface area contributed by atoms with E-state index in [1.807, 2.05) is 39.5 Å². The molecule has 0 amide bonds. The number of hydrogen-bond acceptors (Lipinski definition) is 10. The fourth-order valence-electron chi connectivity index (χ4n) is 7.39. The molecular formula is C42H47ClF3N9O4S2. The van der Waals surface area contributed by atoms with Crippen LogP contribution in [-0.2, 0) is 44.3 Å². The minimum atomic E-state index is -4.26. The maximum Gasteiger partial charge on any atom is 0.261 e. The molecule has 3 heterocycles. The molecule has 1 saturated heterocycles. The molecule has 0 radical (unpaired) electrons. The van der Waals surface area contributed by atoms with Crippen LogP contribution in [0.3, 0.4) is 0 Å². The van der Waals surface area contributed by atoms with Gasteiger partial charge in [-0.3, -0.25) is 14.9 Å². The number of nitrogens with one attached hydrogen (secondary N) is 4. The molecule has 4 N–H and O–H groups in total. The van der Waals surface area contributed by atoms with Gasteiger partial charge in [-0.05, 0) is 77.7 Å². The van der Waals surface area contributed by atoms with Crippen LogP contribution in [0.5, 0.6) is 0 Å². The number of aryl methyl sites for hydroxylation is 1. The van der Waals surface area contributed by atoms with E-state index in [2.05, 4.69) is 35.5 Å². The highest BCUT2D eigenvalue weighted by molar-refractivity contribution is 7.93. The van der Waals surface area contributed by atoms with Crippen LogP contribution in [-0.4, -0.2) is 68.1 Å². The van der Waals surface area contributed by atoms with Crippen molar-refractivity contribution in [2.75, 3.05) is 29.2 Å². The van der Waals surface area contributed by atoms with Crippen LogP contribution in [0.4, 0.5) is 24.5 Å².